The second-order valence-electron chi connectivity index (χ2n) is 15.0. The Bertz CT molecular complexity index is 2150. The molecular weight excluding hydrogens is 816 g/mol. The molecule has 14 nitrogen and oxygen atoms in total. The van der Waals surface area contributed by atoms with Gasteiger partial charge in [0.25, 0.3) is 0 Å². The summed E-state index contributed by atoms with van der Waals surface area (Å²) < 4.78 is 89.6. The minimum Gasteiger partial charge on any atom is -0.464 e. The Labute approximate surface area is 354 Å². The molecule has 0 spiro atoms. The van der Waals surface area contributed by atoms with Crippen LogP contribution in [0.25, 0.3) is 11.2 Å². The van der Waals surface area contributed by atoms with E-state index in [1.165, 1.54) is 23.0 Å². The number of nitrogen functional groups attached to an aromatic ring is 1. The van der Waals surface area contributed by atoms with Crippen LogP contribution >= 0.6 is 7.75 Å². The highest BCUT2D eigenvalue weighted by atomic mass is 31.2. The predicted octanol–water partition coefficient (Wildman–Crippen LogP) is 8.55. The number of halogens is 3. The van der Waals surface area contributed by atoms with Gasteiger partial charge in [-0.1, -0.05) is 96.3 Å². The van der Waals surface area contributed by atoms with Crippen LogP contribution in [0.5, 0.6) is 5.75 Å². The van der Waals surface area contributed by atoms with E-state index >= 15 is 4.57 Å². The van der Waals surface area contributed by atoms with E-state index in [-0.39, 0.29) is 53.7 Å². The molecule has 0 unspecified atom stereocenters. The van der Waals surface area contributed by atoms with Gasteiger partial charge < -0.3 is 24.5 Å². The number of anilines is 1. The molecule has 1 saturated heterocycles. The highest BCUT2D eigenvalue weighted by molar-refractivity contribution is 7.52. The molecule has 0 radical (unpaired) electrons. The molecule has 330 valence electrons. The molecule has 1 aliphatic heterocycles. The maximum Gasteiger partial charge on any atom is 0.459 e. The molecule has 1 fully saturated rings. The van der Waals surface area contributed by atoms with Gasteiger partial charge in [-0.25, -0.2) is 18.3 Å². The van der Waals surface area contributed by atoms with Crippen molar-refractivity contribution in [3.63, 3.8) is 0 Å². The first kappa shape index (κ1) is 47.0. The molecule has 5 rings (SSSR count). The Hall–Kier alpha value is -5.01. The van der Waals surface area contributed by atoms with E-state index < -0.39 is 74.4 Å². The summed E-state index contributed by atoms with van der Waals surface area (Å²) in [7, 11) is -4.77. The van der Waals surface area contributed by atoms with Gasteiger partial charge in [-0.05, 0) is 48.6 Å². The zero-order chi connectivity index (χ0) is 44.0. The van der Waals surface area contributed by atoms with Gasteiger partial charge >= 0.3 is 25.8 Å². The monoisotopic (exact) mass is 870 g/mol. The van der Waals surface area contributed by atoms with E-state index in [1.54, 1.807) is 18.2 Å². The third-order valence-corrected chi connectivity index (χ3v) is 12.1. The maximum atomic E-state index is 15.0. The minimum absolute atomic E-state index is 0.0141. The van der Waals surface area contributed by atoms with Gasteiger partial charge in [-0.15, -0.1) is 6.42 Å². The largest absolute Gasteiger partial charge is 0.464 e. The van der Waals surface area contributed by atoms with E-state index in [2.05, 4.69) is 32.9 Å². The molecule has 3 heterocycles. The third kappa shape index (κ3) is 13.0. The number of esters is 2. The van der Waals surface area contributed by atoms with Crippen molar-refractivity contribution in [1.82, 2.24) is 24.6 Å². The molecule has 0 bridgehead atoms. The number of fused-ring (bicyclic) bond motifs is 1. The lowest BCUT2D eigenvalue weighted by Crippen LogP contribution is -2.46. The number of imidazole rings is 1. The smallest absolute Gasteiger partial charge is 0.459 e. The van der Waals surface area contributed by atoms with Crippen LogP contribution in [0.3, 0.4) is 0 Å². The number of nitrogens with one attached hydrogen (secondary N) is 1. The van der Waals surface area contributed by atoms with Crippen molar-refractivity contribution in [1.29, 1.82) is 0 Å². The van der Waals surface area contributed by atoms with Gasteiger partial charge in [0.2, 0.25) is 0 Å². The molecular formula is C43H54F3N6O8P. The predicted molar refractivity (Wildman–Crippen MR) is 221 cm³/mol. The normalized spacial score (nSPS) is 19.0. The molecule has 0 aliphatic carbocycles. The number of carbonyl (C=O) groups excluding carboxylic acids is 2. The van der Waals surface area contributed by atoms with Crippen molar-refractivity contribution in [2.24, 2.45) is 5.92 Å². The molecule has 0 amide bonds. The van der Waals surface area contributed by atoms with Crippen molar-refractivity contribution >= 4 is 36.7 Å². The lowest BCUT2D eigenvalue weighted by atomic mass is 9.98. The Kier molecular flexibility index (Phi) is 17.1. The quantitative estimate of drug-likeness (QED) is 0.0225. The molecule has 4 aromatic rings. The molecule has 18 heteroatoms. The lowest BCUT2D eigenvalue weighted by Gasteiger charge is -2.31. The van der Waals surface area contributed by atoms with Crippen LogP contribution in [0.2, 0.25) is 0 Å². The number of benzene rings is 2. The zero-order valence-corrected chi connectivity index (χ0v) is 35.6. The molecule has 2 aromatic heterocycles. The average molecular weight is 871 g/mol. The maximum absolute atomic E-state index is 15.0. The Morgan fingerprint density at radius 2 is 1.72 bits per heavy atom. The molecule has 61 heavy (non-hydrogen) atoms. The number of unbranched alkanes of at least 4 members (excludes halogenated alkanes) is 6. The van der Waals surface area contributed by atoms with Crippen molar-refractivity contribution < 1.29 is 50.6 Å². The van der Waals surface area contributed by atoms with Gasteiger partial charge in [0.15, 0.2) is 22.6 Å². The van der Waals surface area contributed by atoms with Crippen LogP contribution in [0.1, 0.15) is 103 Å². The zero-order valence-electron chi connectivity index (χ0n) is 34.7. The number of carbonyl (C=O) groups is 2. The van der Waals surface area contributed by atoms with E-state index in [0.717, 1.165) is 50.7 Å². The number of nitrogens with zero attached hydrogens (tertiary/aromatic N) is 4. The number of hydrogen-bond donors (Lipinski definition) is 2. The summed E-state index contributed by atoms with van der Waals surface area (Å²) in [6, 6.07) is 9.11. The summed E-state index contributed by atoms with van der Waals surface area (Å²) in [5.41, 5.74) is 4.04. The van der Waals surface area contributed by atoms with Crippen LogP contribution in [0.15, 0.2) is 54.9 Å². The minimum atomic E-state index is -4.77. The Morgan fingerprint density at radius 1 is 1.03 bits per heavy atom. The molecule has 5 atom stereocenters. The number of nitrogens with two attached hydrogens (primary N) is 1. The van der Waals surface area contributed by atoms with Crippen LogP contribution in [0, 0.1) is 36.0 Å². The first-order valence-corrected chi connectivity index (χ1v) is 22.2. The van der Waals surface area contributed by atoms with Crippen LogP contribution in [-0.4, -0.2) is 62.4 Å². The Balaban J connectivity index is 1.46. The van der Waals surface area contributed by atoms with Crippen molar-refractivity contribution in [2.45, 2.75) is 122 Å². The highest BCUT2D eigenvalue weighted by Gasteiger charge is 2.53. The lowest BCUT2D eigenvalue weighted by molar-refractivity contribution is -0.158. The summed E-state index contributed by atoms with van der Waals surface area (Å²) >= 11 is 0. The van der Waals surface area contributed by atoms with E-state index in [1.807, 2.05) is 13.8 Å². The molecule has 2 aromatic carbocycles. The fraction of sp³-hybridized carbons (Fsp3) is 0.512. The van der Waals surface area contributed by atoms with E-state index in [0.29, 0.717) is 25.3 Å². The van der Waals surface area contributed by atoms with Gasteiger partial charge in [0.05, 0.1) is 12.9 Å². The number of para-hydroxylation sites is 1. The fourth-order valence-corrected chi connectivity index (χ4v) is 8.49. The van der Waals surface area contributed by atoms with Crippen molar-refractivity contribution in [3.05, 3.63) is 78.1 Å². The number of hydrogen-bond acceptors (Lipinski definition) is 12. The summed E-state index contributed by atoms with van der Waals surface area (Å²) in [5, 5.41) is 2.65. The SMILES string of the molecule is C#C[C@]1(CO[P@@](=O)(N[C@@H](Cc2cc(F)cc(F)c2)C(=O)OCC(CC)CC)Oc2ccccc2)O[C@@H](n2cnc3c(N)nc(F)nc32)C[C@@H]1OC(=O)CCCCCCCCC. The van der Waals surface area contributed by atoms with Gasteiger partial charge in [-0.2, -0.15) is 19.4 Å². The second-order valence-corrected chi connectivity index (χ2v) is 16.7. The van der Waals surface area contributed by atoms with Gasteiger partial charge in [0.1, 0.15) is 42.4 Å². The Morgan fingerprint density at radius 3 is 2.39 bits per heavy atom. The van der Waals surface area contributed by atoms with Crippen LogP contribution < -0.4 is 15.3 Å². The van der Waals surface area contributed by atoms with Gasteiger partial charge in [0, 0.05) is 18.9 Å². The first-order valence-electron chi connectivity index (χ1n) is 20.7. The van der Waals surface area contributed by atoms with E-state index in [4.69, 9.17) is 35.4 Å². The summed E-state index contributed by atoms with van der Waals surface area (Å²) in [6.07, 6.45) is 11.8. The van der Waals surface area contributed by atoms with Crippen molar-refractivity contribution in [3.8, 4) is 18.1 Å². The molecule has 0 saturated carbocycles. The van der Waals surface area contributed by atoms with Crippen molar-refractivity contribution in [2.75, 3.05) is 18.9 Å². The van der Waals surface area contributed by atoms with E-state index in [9.17, 15) is 22.8 Å². The average Bonchev–Trinajstić information content (AvgIpc) is 3.81. The fourth-order valence-electron chi connectivity index (χ4n) is 6.97. The first-order chi connectivity index (χ1) is 29.3. The second kappa shape index (κ2) is 22.2. The topological polar surface area (TPSA) is 179 Å². The molecule has 3 N–H and O–H groups in total. The highest BCUT2D eigenvalue weighted by Crippen LogP contribution is 2.49. The van der Waals surface area contributed by atoms with Gasteiger partial charge in [-0.3, -0.25) is 18.7 Å². The number of aromatic nitrogens is 4. The molecule has 1 aliphatic rings. The number of rotatable bonds is 24. The van der Waals surface area contributed by atoms with Crippen LogP contribution in [0.4, 0.5) is 19.0 Å². The third-order valence-electron chi connectivity index (χ3n) is 10.5. The summed E-state index contributed by atoms with van der Waals surface area (Å²) in [4.78, 5) is 38.7. The summed E-state index contributed by atoms with van der Waals surface area (Å²) in [6.45, 7) is 5.29. The number of ether oxygens (including phenoxy) is 3. The number of terminal acetylenes is 1. The standard InChI is InChI=1S/C43H54F3N6O8P/c1-5-9-10-11-12-13-17-20-37(53)58-35-25-36(52-28-48-38-39(47)49-42(46)50-40(38)52)59-43(35,8-4)27-57-61(55,60-33-18-15-14-16-19-33)51-34(41(54)56-26-29(6-2)7-3)23-30-21-31(44)24-32(45)22-30/h4,14-16,18-19,21-22,24,28-29,34-36H,5-7,9-13,17,20,23,25-27H2,1-3H3,(H,51,55)(H2,47,49,50)/t34-,35-,36+,43+,61-/m0/s1. The van der Waals surface area contributed by atoms with Crippen LogP contribution in [-0.2, 0) is 39.3 Å². The summed E-state index contributed by atoms with van der Waals surface area (Å²) in [5.74, 6) is -0.857.